The topological polar surface area (TPSA) is 55.0 Å². The first-order valence-corrected chi connectivity index (χ1v) is 6.80. The number of pyridine rings is 1. The van der Waals surface area contributed by atoms with Crippen LogP contribution >= 0.6 is 15.9 Å². The minimum atomic E-state index is -0.0485. The summed E-state index contributed by atoms with van der Waals surface area (Å²) in [4.78, 5) is 19.8. The van der Waals surface area contributed by atoms with Crippen molar-refractivity contribution in [3.05, 3.63) is 58.3 Å². The van der Waals surface area contributed by atoms with Crippen LogP contribution in [0.2, 0.25) is 0 Å². The highest BCUT2D eigenvalue weighted by Gasteiger charge is 2.15. The molecule has 0 fully saturated rings. The van der Waals surface area contributed by atoms with Gasteiger partial charge in [-0.2, -0.15) is 0 Å². The van der Waals surface area contributed by atoms with E-state index < -0.39 is 0 Å². The van der Waals surface area contributed by atoms with Crippen LogP contribution in [0.4, 0.5) is 0 Å². The molecule has 0 amide bonds. The second-order valence-corrected chi connectivity index (χ2v) is 5.13. The number of H-pyrrole nitrogens is 1. The summed E-state index contributed by atoms with van der Waals surface area (Å²) in [6.07, 6.45) is 3.38. The number of methoxy groups -OCH3 is 1. The number of ketones is 1. The fourth-order valence-corrected chi connectivity index (χ4v) is 2.65. The summed E-state index contributed by atoms with van der Waals surface area (Å²) >= 11 is 3.39. The highest BCUT2D eigenvalue weighted by molar-refractivity contribution is 9.10. The van der Waals surface area contributed by atoms with Gasteiger partial charge in [-0.15, -0.1) is 0 Å². The quantitative estimate of drug-likeness (QED) is 0.747. The molecule has 0 aliphatic carbocycles. The van der Waals surface area contributed by atoms with Gasteiger partial charge in [-0.05, 0) is 46.3 Å². The first kappa shape index (κ1) is 12.9. The summed E-state index contributed by atoms with van der Waals surface area (Å²) in [5.41, 5.74) is 1.93. The molecule has 0 saturated heterocycles. The SMILES string of the molecule is COc1ccc(C(=O)c2c[nH]c3ncccc23)cc1Br. The second kappa shape index (κ2) is 5.09. The van der Waals surface area contributed by atoms with Gasteiger partial charge >= 0.3 is 0 Å². The molecule has 1 N–H and O–H groups in total. The molecule has 0 radical (unpaired) electrons. The van der Waals surface area contributed by atoms with Gasteiger partial charge in [-0.3, -0.25) is 4.79 Å². The van der Waals surface area contributed by atoms with Crippen molar-refractivity contribution in [3.8, 4) is 5.75 Å². The molecule has 100 valence electrons. The number of aromatic amines is 1. The Morgan fingerprint density at radius 2 is 2.20 bits per heavy atom. The maximum atomic E-state index is 12.6. The fourth-order valence-electron chi connectivity index (χ4n) is 2.11. The predicted molar refractivity (Wildman–Crippen MR) is 80.2 cm³/mol. The standard InChI is InChI=1S/C15H11BrN2O2/c1-20-13-5-4-9(7-12(13)16)14(19)11-8-18-15-10(11)3-2-6-17-15/h2-8H,1H3,(H,17,18). The number of aromatic nitrogens is 2. The molecule has 4 nitrogen and oxygen atoms in total. The minimum Gasteiger partial charge on any atom is -0.496 e. The lowest BCUT2D eigenvalue weighted by Gasteiger charge is -2.05. The second-order valence-electron chi connectivity index (χ2n) is 4.28. The van der Waals surface area contributed by atoms with E-state index in [2.05, 4.69) is 25.9 Å². The van der Waals surface area contributed by atoms with Crippen LogP contribution in [0.1, 0.15) is 15.9 Å². The fraction of sp³-hybridized carbons (Fsp3) is 0.0667. The van der Waals surface area contributed by atoms with Gasteiger partial charge in [-0.25, -0.2) is 4.98 Å². The van der Waals surface area contributed by atoms with Crippen LogP contribution in [0.25, 0.3) is 11.0 Å². The van der Waals surface area contributed by atoms with Crippen molar-refractivity contribution < 1.29 is 9.53 Å². The van der Waals surface area contributed by atoms with Crippen LogP contribution in [-0.2, 0) is 0 Å². The normalized spacial score (nSPS) is 10.7. The molecule has 0 aliphatic heterocycles. The van der Waals surface area contributed by atoms with Gasteiger partial charge in [0.25, 0.3) is 0 Å². The zero-order valence-electron chi connectivity index (χ0n) is 10.7. The van der Waals surface area contributed by atoms with E-state index >= 15 is 0 Å². The third-order valence-corrected chi connectivity index (χ3v) is 3.73. The summed E-state index contributed by atoms with van der Waals surface area (Å²) in [6.45, 7) is 0. The van der Waals surface area contributed by atoms with Crippen molar-refractivity contribution in [2.24, 2.45) is 0 Å². The van der Waals surface area contributed by atoms with E-state index in [1.54, 1.807) is 37.7 Å². The van der Waals surface area contributed by atoms with E-state index in [9.17, 15) is 4.79 Å². The van der Waals surface area contributed by atoms with Crippen LogP contribution in [0.15, 0.2) is 47.2 Å². The Morgan fingerprint density at radius 1 is 1.35 bits per heavy atom. The lowest BCUT2D eigenvalue weighted by atomic mass is 10.0. The number of nitrogens with zero attached hydrogens (tertiary/aromatic N) is 1. The maximum absolute atomic E-state index is 12.6. The number of halogens is 1. The molecule has 3 rings (SSSR count). The smallest absolute Gasteiger partial charge is 0.195 e. The first-order chi connectivity index (χ1) is 9.70. The zero-order chi connectivity index (χ0) is 14.1. The van der Waals surface area contributed by atoms with Crippen molar-refractivity contribution in [1.29, 1.82) is 0 Å². The molecule has 0 bridgehead atoms. The summed E-state index contributed by atoms with van der Waals surface area (Å²) in [7, 11) is 1.59. The van der Waals surface area contributed by atoms with E-state index in [1.807, 2.05) is 12.1 Å². The first-order valence-electron chi connectivity index (χ1n) is 6.01. The summed E-state index contributed by atoms with van der Waals surface area (Å²) in [5, 5.41) is 0.824. The Bertz CT molecular complexity index is 795. The van der Waals surface area contributed by atoms with Gasteiger partial charge in [0.1, 0.15) is 11.4 Å². The highest BCUT2D eigenvalue weighted by Crippen LogP contribution is 2.27. The number of ether oxygens (including phenoxy) is 1. The molecule has 5 heteroatoms. The van der Waals surface area contributed by atoms with Gasteiger partial charge in [0.05, 0.1) is 11.6 Å². The van der Waals surface area contributed by atoms with Crippen molar-refractivity contribution in [2.45, 2.75) is 0 Å². The largest absolute Gasteiger partial charge is 0.496 e. The molecule has 0 aliphatic rings. The maximum Gasteiger partial charge on any atom is 0.195 e. The van der Waals surface area contributed by atoms with Crippen molar-refractivity contribution >= 4 is 32.7 Å². The predicted octanol–water partition coefficient (Wildman–Crippen LogP) is 3.57. The van der Waals surface area contributed by atoms with Crippen LogP contribution in [0.5, 0.6) is 5.75 Å². The average Bonchev–Trinajstić information content (AvgIpc) is 2.90. The Morgan fingerprint density at radius 3 is 2.95 bits per heavy atom. The number of nitrogens with one attached hydrogen (secondary N) is 1. The lowest BCUT2D eigenvalue weighted by Crippen LogP contribution is -2.00. The number of benzene rings is 1. The molecule has 0 atom stereocenters. The van der Waals surface area contributed by atoms with Gasteiger partial charge in [-0.1, -0.05) is 0 Å². The van der Waals surface area contributed by atoms with Crippen LogP contribution in [0.3, 0.4) is 0 Å². The number of fused-ring (bicyclic) bond motifs is 1. The molecule has 0 unspecified atom stereocenters. The van der Waals surface area contributed by atoms with Crippen molar-refractivity contribution in [2.75, 3.05) is 7.11 Å². The van der Waals surface area contributed by atoms with Crippen LogP contribution in [0, 0.1) is 0 Å². The number of hydrogen-bond acceptors (Lipinski definition) is 3. The van der Waals surface area contributed by atoms with Crippen molar-refractivity contribution in [1.82, 2.24) is 9.97 Å². The van der Waals surface area contributed by atoms with E-state index in [4.69, 9.17) is 4.74 Å². The van der Waals surface area contributed by atoms with Gasteiger partial charge in [0.15, 0.2) is 5.78 Å². The van der Waals surface area contributed by atoms with E-state index in [1.165, 1.54) is 0 Å². The highest BCUT2D eigenvalue weighted by atomic mass is 79.9. The number of carbonyl (C=O) groups excluding carboxylic acids is 1. The van der Waals surface area contributed by atoms with E-state index in [0.717, 1.165) is 9.86 Å². The molecule has 0 spiro atoms. The monoisotopic (exact) mass is 330 g/mol. The van der Waals surface area contributed by atoms with E-state index in [0.29, 0.717) is 22.5 Å². The Labute approximate surface area is 123 Å². The summed E-state index contributed by atoms with van der Waals surface area (Å²) < 4.78 is 5.92. The Hall–Kier alpha value is -2.14. The van der Waals surface area contributed by atoms with Crippen molar-refractivity contribution in [3.63, 3.8) is 0 Å². The number of carbonyl (C=O) groups is 1. The number of hydrogen-bond donors (Lipinski definition) is 1. The molecule has 2 heterocycles. The average molecular weight is 331 g/mol. The molecule has 0 saturated carbocycles. The summed E-state index contributed by atoms with van der Waals surface area (Å²) in [6, 6.07) is 8.98. The molecular formula is C15H11BrN2O2. The van der Waals surface area contributed by atoms with Crippen LogP contribution in [-0.4, -0.2) is 22.9 Å². The summed E-state index contributed by atoms with van der Waals surface area (Å²) in [5.74, 6) is 0.648. The van der Waals surface area contributed by atoms with Gasteiger partial charge in [0, 0.05) is 28.9 Å². The lowest BCUT2D eigenvalue weighted by molar-refractivity contribution is 0.104. The molecule has 3 aromatic rings. The third-order valence-electron chi connectivity index (χ3n) is 3.11. The molecular weight excluding hydrogens is 320 g/mol. The minimum absolute atomic E-state index is 0.0485. The third kappa shape index (κ3) is 2.10. The van der Waals surface area contributed by atoms with Gasteiger partial charge < -0.3 is 9.72 Å². The Kier molecular flexibility index (Phi) is 3.28. The van der Waals surface area contributed by atoms with Crippen LogP contribution < -0.4 is 4.74 Å². The van der Waals surface area contributed by atoms with E-state index in [-0.39, 0.29) is 5.78 Å². The molecule has 1 aromatic carbocycles. The zero-order valence-corrected chi connectivity index (χ0v) is 12.3. The number of rotatable bonds is 3. The molecule has 2 aromatic heterocycles. The Balaban J connectivity index is 2.06. The van der Waals surface area contributed by atoms with Gasteiger partial charge in [0.2, 0.25) is 0 Å². The molecule has 20 heavy (non-hydrogen) atoms.